The van der Waals surface area contributed by atoms with Gasteiger partial charge in [0.05, 0.1) is 24.5 Å². The summed E-state index contributed by atoms with van der Waals surface area (Å²) in [6.07, 6.45) is 12.0. The lowest BCUT2D eigenvalue weighted by molar-refractivity contribution is -0.401. The highest BCUT2D eigenvalue weighted by molar-refractivity contribution is 6.06. The summed E-state index contributed by atoms with van der Waals surface area (Å²) in [6.45, 7) is 9.75. The Kier molecular flexibility index (Phi) is 9.05. The molecule has 0 amide bonds. The first-order valence-electron chi connectivity index (χ1n) is 15.7. The molecule has 5 nitrogen and oxygen atoms in total. The monoisotopic (exact) mass is 590 g/mol. The number of methoxy groups -OCH3 is 1. The van der Waals surface area contributed by atoms with E-state index in [0.29, 0.717) is 13.0 Å². The van der Waals surface area contributed by atoms with E-state index >= 15 is 0 Å². The number of esters is 1. The molecule has 0 atom stereocenters. The van der Waals surface area contributed by atoms with Gasteiger partial charge in [0.2, 0.25) is 11.4 Å². The third kappa shape index (κ3) is 6.06. The zero-order valence-corrected chi connectivity index (χ0v) is 27.3. The lowest BCUT2D eigenvalue weighted by atomic mass is 9.81. The van der Waals surface area contributed by atoms with E-state index in [1.54, 1.807) is 0 Å². The van der Waals surface area contributed by atoms with E-state index in [-0.39, 0.29) is 16.8 Å². The van der Waals surface area contributed by atoms with Crippen LogP contribution in [0.25, 0.3) is 12.2 Å². The summed E-state index contributed by atoms with van der Waals surface area (Å²) in [6, 6.07) is 23.7. The van der Waals surface area contributed by atoms with E-state index in [0.717, 1.165) is 36.1 Å². The summed E-state index contributed by atoms with van der Waals surface area (Å²) >= 11 is 0. The first kappa shape index (κ1) is 31.2. The average Bonchev–Trinajstić information content (AvgIpc) is 3.34. The van der Waals surface area contributed by atoms with Gasteiger partial charge < -0.3 is 9.47 Å². The van der Waals surface area contributed by atoms with Gasteiger partial charge in [0.15, 0.2) is 11.4 Å². The Balaban J connectivity index is 1.41. The summed E-state index contributed by atoms with van der Waals surface area (Å²) in [5, 5.41) is 0. The molecule has 3 aromatic rings. The van der Waals surface area contributed by atoms with E-state index < -0.39 is 0 Å². The molecule has 5 heteroatoms. The van der Waals surface area contributed by atoms with Gasteiger partial charge in [-0.15, -0.1) is 0 Å². The van der Waals surface area contributed by atoms with Gasteiger partial charge in [-0.3, -0.25) is 4.79 Å². The Labute approximate surface area is 262 Å². The maximum Gasteiger partial charge on any atom is 0.305 e. The zero-order valence-electron chi connectivity index (χ0n) is 27.3. The van der Waals surface area contributed by atoms with Crippen LogP contribution in [0.4, 0.5) is 11.4 Å². The number of hydrogen-bond acceptors (Lipinski definition) is 3. The standard InChI is InChI=1S/C39H46N2O3/c1-38(2)30-15-10-12-17-32(30)40(5)35(38)24-21-28-20-23-34(44-26-14-8-9-19-37(42)43-7)29(27-28)22-25-36-39(3,4)31-16-11-13-18-33(31)41(36)6/h10-13,15-18,20-25,27H,8-9,14,19,26H2,1-7H3/q+2/b24-21+,25-22+. The number of hydrogen-bond donors (Lipinski definition) is 0. The predicted octanol–water partition coefficient (Wildman–Crippen LogP) is 8.24. The molecule has 228 valence electrons. The van der Waals surface area contributed by atoms with Crippen LogP contribution in [-0.4, -0.2) is 54.4 Å². The number of unbranched alkanes of at least 4 members (excludes halogenated alkanes) is 2. The number of allylic oxidation sites excluding steroid dienone is 2. The van der Waals surface area contributed by atoms with E-state index in [1.165, 1.54) is 41.0 Å². The molecule has 0 radical (unpaired) electrons. The fourth-order valence-electron chi connectivity index (χ4n) is 6.71. The molecule has 2 aliphatic heterocycles. The van der Waals surface area contributed by atoms with Crippen molar-refractivity contribution in [2.45, 2.75) is 64.2 Å². The third-order valence-electron chi connectivity index (χ3n) is 9.28. The third-order valence-corrected chi connectivity index (χ3v) is 9.28. The van der Waals surface area contributed by atoms with Crippen molar-refractivity contribution in [1.82, 2.24) is 0 Å². The van der Waals surface area contributed by atoms with Crippen LogP contribution >= 0.6 is 0 Å². The van der Waals surface area contributed by atoms with Gasteiger partial charge in [0.1, 0.15) is 19.8 Å². The van der Waals surface area contributed by atoms with Crippen LogP contribution in [-0.2, 0) is 20.4 Å². The van der Waals surface area contributed by atoms with Crippen LogP contribution in [0.2, 0.25) is 0 Å². The number of carbonyl (C=O) groups is 1. The van der Waals surface area contributed by atoms with Crippen LogP contribution in [0, 0.1) is 0 Å². The number of rotatable bonds is 11. The second kappa shape index (κ2) is 12.8. The molecule has 0 saturated carbocycles. The van der Waals surface area contributed by atoms with Crippen molar-refractivity contribution in [3.8, 4) is 5.75 Å². The maximum absolute atomic E-state index is 11.4. The summed E-state index contributed by atoms with van der Waals surface area (Å²) < 4.78 is 15.7. The number of ether oxygens (including phenoxy) is 2. The SMILES string of the molecule is COC(=O)CCCCCOc1ccc(/C=C/C2=[N+](C)c3ccccc3C2(C)C)cc1/C=C/C1=[N+](C)c2ccccc2C1(C)C. The number of benzene rings is 3. The van der Waals surface area contributed by atoms with Crippen molar-refractivity contribution < 1.29 is 23.4 Å². The highest BCUT2D eigenvalue weighted by atomic mass is 16.5. The molecule has 0 aliphatic carbocycles. The van der Waals surface area contributed by atoms with Gasteiger partial charge in [-0.1, -0.05) is 42.5 Å². The molecule has 0 N–H and O–H groups in total. The minimum atomic E-state index is -0.157. The van der Waals surface area contributed by atoms with Gasteiger partial charge in [0.25, 0.3) is 0 Å². The minimum Gasteiger partial charge on any atom is -0.493 e. The highest BCUT2D eigenvalue weighted by Gasteiger charge is 2.43. The maximum atomic E-state index is 11.4. The first-order chi connectivity index (χ1) is 21.1. The van der Waals surface area contributed by atoms with Crippen molar-refractivity contribution in [1.29, 1.82) is 0 Å². The number of carbonyl (C=O) groups excluding carboxylic acids is 1. The molecule has 2 heterocycles. The van der Waals surface area contributed by atoms with Gasteiger partial charge >= 0.3 is 5.97 Å². The highest BCUT2D eigenvalue weighted by Crippen LogP contribution is 2.40. The molecule has 44 heavy (non-hydrogen) atoms. The van der Waals surface area contributed by atoms with Gasteiger partial charge in [-0.2, -0.15) is 9.15 Å². The summed E-state index contributed by atoms with van der Waals surface area (Å²) in [5.74, 6) is 0.706. The topological polar surface area (TPSA) is 41.5 Å². The predicted molar refractivity (Wildman–Crippen MR) is 181 cm³/mol. The molecule has 0 aromatic heterocycles. The molecule has 2 aliphatic rings. The first-order valence-corrected chi connectivity index (χ1v) is 15.7. The van der Waals surface area contributed by atoms with Gasteiger partial charge in [-0.25, -0.2) is 0 Å². The van der Waals surface area contributed by atoms with Crippen LogP contribution in [0.1, 0.15) is 75.6 Å². The summed E-state index contributed by atoms with van der Waals surface area (Å²) in [4.78, 5) is 11.4. The molecule has 3 aromatic carbocycles. The quantitative estimate of drug-likeness (QED) is 0.128. The van der Waals surface area contributed by atoms with E-state index in [1.807, 2.05) is 0 Å². The Bertz CT molecular complexity index is 1690. The fourth-order valence-corrected chi connectivity index (χ4v) is 6.71. The minimum absolute atomic E-state index is 0.0776. The zero-order chi connectivity index (χ0) is 31.5. The van der Waals surface area contributed by atoms with E-state index in [9.17, 15) is 4.79 Å². The van der Waals surface area contributed by atoms with E-state index in [4.69, 9.17) is 9.47 Å². The van der Waals surface area contributed by atoms with Crippen molar-refractivity contribution in [3.05, 3.63) is 101 Å². The normalized spacial score (nSPS) is 16.6. The number of fused-ring (bicyclic) bond motifs is 2. The molecule has 0 spiro atoms. The summed E-state index contributed by atoms with van der Waals surface area (Å²) in [5.41, 5.74) is 9.69. The van der Waals surface area contributed by atoms with Crippen LogP contribution in [0.5, 0.6) is 5.75 Å². The lowest BCUT2D eigenvalue weighted by Crippen LogP contribution is -2.26. The summed E-state index contributed by atoms with van der Waals surface area (Å²) in [7, 11) is 5.73. The Hall–Kier alpha value is -4.25. The second-order valence-corrected chi connectivity index (χ2v) is 12.9. The Morgan fingerprint density at radius 1 is 0.727 bits per heavy atom. The number of nitrogens with zero attached hydrogens (tertiary/aromatic N) is 2. The Morgan fingerprint density at radius 2 is 1.30 bits per heavy atom. The van der Waals surface area contributed by atoms with Crippen LogP contribution in [0.15, 0.2) is 78.9 Å². The molecular formula is C39H46N2O3+2. The Morgan fingerprint density at radius 3 is 1.86 bits per heavy atom. The van der Waals surface area contributed by atoms with Gasteiger partial charge in [0, 0.05) is 47.4 Å². The molecular weight excluding hydrogens is 544 g/mol. The van der Waals surface area contributed by atoms with Crippen molar-refractivity contribution >= 4 is 40.9 Å². The number of para-hydroxylation sites is 2. The van der Waals surface area contributed by atoms with Crippen molar-refractivity contribution in [3.63, 3.8) is 0 Å². The van der Waals surface area contributed by atoms with Crippen LogP contribution in [0.3, 0.4) is 0 Å². The van der Waals surface area contributed by atoms with Gasteiger partial charge in [-0.05, 0) is 76.8 Å². The van der Waals surface area contributed by atoms with Crippen LogP contribution < -0.4 is 4.74 Å². The second-order valence-electron chi connectivity index (χ2n) is 12.9. The fraction of sp³-hybridized carbons (Fsp3) is 0.359. The molecule has 0 unspecified atom stereocenters. The van der Waals surface area contributed by atoms with Crippen molar-refractivity contribution in [2.75, 3.05) is 27.8 Å². The van der Waals surface area contributed by atoms with E-state index in [2.05, 4.69) is 142 Å². The molecule has 0 saturated heterocycles. The molecule has 0 bridgehead atoms. The lowest BCUT2D eigenvalue weighted by Gasteiger charge is -2.16. The smallest absolute Gasteiger partial charge is 0.305 e. The molecule has 0 fully saturated rings. The largest absolute Gasteiger partial charge is 0.493 e. The molecule has 5 rings (SSSR count). The average molecular weight is 591 g/mol. The van der Waals surface area contributed by atoms with Crippen molar-refractivity contribution in [2.24, 2.45) is 0 Å².